The van der Waals surface area contributed by atoms with Crippen molar-refractivity contribution in [1.82, 2.24) is 0 Å². The first kappa shape index (κ1) is 22.6. The second-order valence-electron chi connectivity index (χ2n) is 6.50. The molecule has 32 heavy (non-hydrogen) atoms. The van der Waals surface area contributed by atoms with Gasteiger partial charge in [0.25, 0.3) is 0 Å². The quantitative estimate of drug-likeness (QED) is 0.203. The summed E-state index contributed by atoms with van der Waals surface area (Å²) in [5.74, 6) is -2.47. The lowest BCUT2D eigenvalue weighted by atomic mass is 10.0. The Hall–Kier alpha value is -4.08. The number of nitro benzene ring substituents is 1. The van der Waals surface area contributed by atoms with Crippen LogP contribution < -0.4 is 14.2 Å². The second-order valence-corrected chi connectivity index (χ2v) is 6.50. The van der Waals surface area contributed by atoms with Crippen molar-refractivity contribution < 1.29 is 37.1 Å². The molecule has 10 heteroatoms. The number of para-hydroxylation sites is 1. The Morgan fingerprint density at radius 2 is 1.62 bits per heavy atom. The summed E-state index contributed by atoms with van der Waals surface area (Å²) in [4.78, 5) is 23.6. The van der Waals surface area contributed by atoms with E-state index in [0.717, 1.165) is 6.92 Å². The van der Waals surface area contributed by atoms with Crippen molar-refractivity contribution in [1.29, 1.82) is 0 Å². The number of hydrogen-bond donors (Lipinski definition) is 0. The minimum absolute atomic E-state index is 0.0932. The van der Waals surface area contributed by atoms with E-state index in [1.54, 1.807) is 48.5 Å². The van der Waals surface area contributed by atoms with Crippen LogP contribution in [0.15, 0.2) is 66.7 Å². The number of esters is 1. The monoisotopic (exact) mass is 447 g/mol. The zero-order valence-electron chi connectivity index (χ0n) is 16.6. The molecule has 3 aromatic rings. The van der Waals surface area contributed by atoms with Gasteiger partial charge in [-0.3, -0.25) is 10.1 Å². The highest BCUT2D eigenvalue weighted by Crippen LogP contribution is 2.41. The molecule has 0 atom stereocenters. The molecule has 0 fully saturated rings. The van der Waals surface area contributed by atoms with Gasteiger partial charge in [-0.05, 0) is 24.6 Å². The molecule has 0 amide bonds. The fourth-order valence-electron chi connectivity index (χ4n) is 2.85. The lowest BCUT2D eigenvalue weighted by molar-refractivity contribution is -0.386. The molecule has 0 aliphatic rings. The maximum atomic E-state index is 12.9. The molecule has 3 rings (SSSR count). The van der Waals surface area contributed by atoms with Crippen LogP contribution in [0.2, 0.25) is 0 Å². The molecule has 0 radical (unpaired) electrons. The Morgan fingerprint density at radius 1 is 1.03 bits per heavy atom. The average Bonchev–Trinajstić information content (AvgIpc) is 2.74. The summed E-state index contributed by atoms with van der Waals surface area (Å²) in [6.07, 6.45) is -5.13. The van der Waals surface area contributed by atoms with Crippen molar-refractivity contribution in [2.75, 3.05) is 0 Å². The summed E-state index contributed by atoms with van der Waals surface area (Å²) < 4.78 is 53.3. The highest BCUT2D eigenvalue weighted by Gasteiger charge is 2.36. The SMILES string of the molecule is Cc1c(OC(F)(F)F)cc([N+](=O)[O-])c(OCc2ccccc2)c1C(=O)Oc1ccccc1. The molecule has 0 heterocycles. The van der Waals surface area contributed by atoms with Crippen molar-refractivity contribution in [3.05, 3.63) is 93.5 Å². The van der Waals surface area contributed by atoms with Crippen molar-refractivity contribution in [3.63, 3.8) is 0 Å². The Balaban J connectivity index is 2.11. The predicted molar refractivity (Wildman–Crippen MR) is 107 cm³/mol. The third kappa shape index (κ3) is 5.54. The van der Waals surface area contributed by atoms with Crippen LogP contribution in [0.4, 0.5) is 18.9 Å². The summed E-state index contributed by atoms with van der Waals surface area (Å²) >= 11 is 0. The van der Waals surface area contributed by atoms with Gasteiger partial charge in [0, 0.05) is 5.56 Å². The smallest absolute Gasteiger partial charge is 0.481 e. The van der Waals surface area contributed by atoms with Crippen LogP contribution in [0.1, 0.15) is 21.5 Å². The van der Waals surface area contributed by atoms with E-state index in [1.807, 2.05) is 0 Å². The van der Waals surface area contributed by atoms with Gasteiger partial charge in [0.15, 0.2) is 0 Å². The zero-order chi connectivity index (χ0) is 23.3. The summed E-state index contributed by atoms with van der Waals surface area (Å²) in [6.45, 7) is 0.980. The van der Waals surface area contributed by atoms with Gasteiger partial charge in [0.2, 0.25) is 5.75 Å². The highest BCUT2D eigenvalue weighted by molar-refractivity contribution is 5.98. The Morgan fingerprint density at radius 3 is 2.19 bits per heavy atom. The normalized spacial score (nSPS) is 11.0. The van der Waals surface area contributed by atoms with Crippen molar-refractivity contribution in [3.8, 4) is 17.2 Å². The van der Waals surface area contributed by atoms with Gasteiger partial charge in [-0.2, -0.15) is 0 Å². The number of alkyl halides is 3. The van der Waals surface area contributed by atoms with E-state index < -0.39 is 40.0 Å². The predicted octanol–water partition coefficient (Wildman–Crippen LogP) is 5.60. The summed E-state index contributed by atoms with van der Waals surface area (Å²) in [5.41, 5.74) is -1.11. The lowest BCUT2D eigenvalue weighted by Crippen LogP contribution is -2.20. The number of carbonyl (C=O) groups is 1. The van der Waals surface area contributed by atoms with Crippen LogP contribution in [-0.2, 0) is 6.61 Å². The van der Waals surface area contributed by atoms with Gasteiger partial charge in [-0.25, -0.2) is 4.79 Å². The van der Waals surface area contributed by atoms with Crippen molar-refractivity contribution in [2.24, 2.45) is 0 Å². The Labute approximate surface area is 180 Å². The number of benzene rings is 3. The van der Waals surface area contributed by atoms with E-state index in [4.69, 9.17) is 9.47 Å². The topological polar surface area (TPSA) is 87.9 Å². The van der Waals surface area contributed by atoms with E-state index in [2.05, 4.69) is 4.74 Å². The molecule has 0 bridgehead atoms. The fourth-order valence-corrected chi connectivity index (χ4v) is 2.85. The Kier molecular flexibility index (Phi) is 6.62. The van der Waals surface area contributed by atoms with Gasteiger partial charge in [0.1, 0.15) is 23.7 Å². The van der Waals surface area contributed by atoms with Gasteiger partial charge < -0.3 is 14.2 Å². The lowest BCUT2D eigenvalue weighted by Gasteiger charge is -2.18. The largest absolute Gasteiger partial charge is 0.573 e. The molecular formula is C22H16F3NO6. The number of nitrogens with zero attached hydrogens (tertiary/aromatic N) is 1. The molecule has 0 N–H and O–H groups in total. The van der Waals surface area contributed by atoms with Crippen molar-refractivity contribution >= 4 is 11.7 Å². The minimum atomic E-state index is -5.13. The van der Waals surface area contributed by atoms with Gasteiger partial charge in [0.05, 0.1) is 11.0 Å². The van der Waals surface area contributed by atoms with Crippen LogP contribution >= 0.6 is 0 Å². The number of carbonyl (C=O) groups excluding carboxylic acids is 1. The van der Waals surface area contributed by atoms with Gasteiger partial charge in [-0.1, -0.05) is 48.5 Å². The molecule has 3 aromatic carbocycles. The molecule has 0 aliphatic carbocycles. The van der Waals surface area contributed by atoms with Gasteiger partial charge >= 0.3 is 18.0 Å². The van der Waals surface area contributed by atoms with E-state index in [9.17, 15) is 28.1 Å². The number of halogens is 3. The molecule has 0 saturated carbocycles. The molecule has 0 aliphatic heterocycles. The summed E-state index contributed by atoms with van der Waals surface area (Å²) in [6, 6.07) is 16.8. The van der Waals surface area contributed by atoms with E-state index >= 15 is 0 Å². The van der Waals surface area contributed by atoms with Crippen LogP contribution in [0.5, 0.6) is 17.2 Å². The molecule has 0 unspecified atom stereocenters. The highest BCUT2D eigenvalue weighted by atomic mass is 19.4. The average molecular weight is 447 g/mol. The molecule has 0 aromatic heterocycles. The van der Waals surface area contributed by atoms with Crippen LogP contribution in [-0.4, -0.2) is 17.3 Å². The number of rotatable bonds is 7. The van der Waals surface area contributed by atoms with E-state index in [0.29, 0.717) is 11.6 Å². The summed E-state index contributed by atoms with van der Waals surface area (Å²) in [5, 5.41) is 11.6. The first-order chi connectivity index (χ1) is 15.2. The Bertz CT molecular complexity index is 1120. The number of hydrogen-bond acceptors (Lipinski definition) is 6. The summed E-state index contributed by atoms with van der Waals surface area (Å²) in [7, 11) is 0. The first-order valence-electron chi connectivity index (χ1n) is 9.17. The zero-order valence-corrected chi connectivity index (χ0v) is 16.6. The standard InChI is InChI=1S/C22H16F3NO6/c1-14-18(32-22(23,24)25)12-17(26(28)29)20(30-13-15-8-4-2-5-9-15)19(14)21(27)31-16-10-6-3-7-11-16/h2-12H,13H2,1H3. The second kappa shape index (κ2) is 9.38. The molecule has 7 nitrogen and oxygen atoms in total. The molecule has 166 valence electrons. The number of nitro groups is 1. The molecular weight excluding hydrogens is 431 g/mol. The third-order valence-electron chi connectivity index (χ3n) is 4.28. The first-order valence-corrected chi connectivity index (χ1v) is 9.17. The number of ether oxygens (including phenoxy) is 3. The van der Waals surface area contributed by atoms with Gasteiger partial charge in [-0.15, -0.1) is 13.2 Å². The van der Waals surface area contributed by atoms with Crippen LogP contribution in [0, 0.1) is 17.0 Å². The van der Waals surface area contributed by atoms with E-state index in [-0.39, 0.29) is 17.9 Å². The van der Waals surface area contributed by atoms with Crippen LogP contribution in [0.3, 0.4) is 0 Å². The fraction of sp³-hybridized carbons (Fsp3) is 0.136. The van der Waals surface area contributed by atoms with Crippen molar-refractivity contribution in [2.45, 2.75) is 19.9 Å². The van der Waals surface area contributed by atoms with Crippen LogP contribution in [0.25, 0.3) is 0 Å². The maximum absolute atomic E-state index is 12.9. The van der Waals surface area contributed by atoms with E-state index in [1.165, 1.54) is 12.1 Å². The molecule has 0 saturated heterocycles. The minimum Gasteiger partial charge on any atom is -0.481 e. The third-order valence-corrected chi connectivity index (χ3v) is 4.28. The maximum Gasteiger partial charge on any atom is 0.573 e. The molecule has 0 spiro atoms.